The molecule has 0 aliphatic carbocycles. The zero-order valence-corrected chi connectivity index (χ0v) is 10.3. The van der Waals surface area contributed by atoms with E-state index in [1.807, 2.05) is 23.5 Å². The Labute approximate surface area is 104 Å². The predicted molar refractivity (Wildman–Crippen MR) is 68.3 cm³/mol. The molecule has 0 amide bonds. The number of thiophene rings is 1. The third-order valence-corrected chi connectivity index (χ3v) is 4.11. The van der Waals surface area contributed by atoms with Crippen LogP contribution in [0.4, 0.5) is 5.69 Å². The summed E-state index contributed by atoms with van der Waals surface area (Å²) in [7, 11) is 0. The van der Waals surface area contributed by atoms with E-state index in [0.717, 1.165) is 25.2 Å². The van der Waals surface area contributed by atoms with Crippen molar-refractivity contribution in [2.45, 2.75) is 13.0 Å². The van der Waals surface area contributed by atoms with Gasteiger partial charge in [0.05, 0.1) is 0 Å². The summed E-state index contributed by atoms with van der Waals surface area (Å²) >= 11 is 7.77. The fourth-order valence-corrected chi connectivity index (χ4v) is 3.12. The Morgan fingerprint density at radius 1 is 1.38 bits per heavy atom. The Kier molecular flexibility index (Phi) is 2.58. The second-order valence-corrected chi connectivity index (χ2v) is 5.27. The molecule has 2 aromatic heterocycles. The first kappa shape index (κ1) is 10.1. The van der Waals surface area contributed by atoms with Crippen molar-refractivity contribution >= 4 is 28.6 Å². The third kappa shape index (κ3) is 1.81. The third-order valence-electron chi connectivity index (χ3n) is 2.88. The van der Waals surface area contributed by atoms with E-state index in [2.05, 4.69) is 21.3 Å². The number of fused-ring (bicyclic) bond motifs is 1. The van der Waals surface area contributed by atoms with E-state index in [0.29, 0.717) is 5.15 Å². The molecular weight excluding hydrogens is 240 g/mol. The maximum Gasteiger partial charge on any atom is 0.131 e. The molecule has 4 heteroatoms. The van der Waals surface area contributed by atoms with Gasteiger partial charge in [0, 0.05) is 29.9 Å². The van der Waals surface area contributed by atoms with Gasteiger partial charge in [-0.1, -0.05) is 11.6 Å². The van der Waals surface area contributed by atoms with Crippen LogP contribution in [0.15, 0.2) is 29.8 Å². The highest BCUT2D eigenvalue weighted by Crippen LogP contribution is 2.28. The standard InChI is InChI=1S/C12H11ClN2S/c13-12-7-10(1-4-14-12)15-5-2-11-9(8-15)3-6-16-11/h1,3-4,6-7H,2,5,8H2. The number of halogens is 1. The van der Waals surface area contributed by atoms with Crippen molar-refractivity contribution in [3.8, 4) is 0 Å². The summed E-state index contributed by atoms with van der Waals surface area (Å²) in [6, 6.07) is 6.16. The molecule has 82 valence electrons. The van der Waals surface area contributed by atoms with Crippen molar-refractivity contribution < 1.29 is 0 Å². The Bertz CT molecular complexity index is 509. The normalized spacial score (nSPS) is 14.9. The summed E-state index contributed by atoms with van der Waals surface area (Å²) in [6.07, 6.45) is 2.90. The number of hydrogen-bond acceptors (Lipinski definition) is 3. The fraction of sp³-hybridized carbons (Fsp3) is 0.250. The molecule has 1 aliphatic heterocycles. The molecule has 0 unspecified atom stereocenters. The van der Waals surface area contributed by atoms with E-state index >= 15 is 0 Å². The van der Waals surface area contributed by atoms with Crippen molar-refractivity contribution in [3.05, 3.63) is 45.4 Å². The number of rotatable bonds is 1. The number of pyridine rings is 1. The number of anilines is 1. The van der Waals surface area contributed by atoms with Gasteiger partial charge in [0.15, 0.2) is 0 Å². The van der Waals surface area contributed by atoms with Crippen LogP contribution in [-0.2, 0) is 13.0 Å². The predicted octanol–water partition coefficient (Wildman–Crippen LogP) is 3.36. The minimum absolute atomic E-state index is 0.564. The Morgan fingerprint density at radius 3 is 3.19 bits per heavy atom. The van der Waals surface area contributed by atoms with E-state index in [-0.39, 0.29) is 0 Å². The highest BCUT2D eigenvalue weighted by molar-refractivity contribution is 7.10. The summed E-state index contributed by atoms with van der Waals surface area (Å²) in [5, 5.41) is 2.74. The van der Waals surface area contributed by atoms with Gasteiger partial charge in [0.2, 0.25) is 0 Å². The number of nitrogens with zero attached hydrogens (tertiary/aromatic N) is 2. The number of hydrogen-bond donors (Lipinski definition) is 0. The maximum absolute atomic E-state index is 5.91. The molecule has 0 fully saturated rings. The van der Waals surface area contributed by atoms with Gasteiger partial charge in [-0.25, -0.2) is 4.98 Å². The zero-order valence-electron chi connectivity index (χ0n) is 8.69. The van der Waals surface area contributed by atoms with E-state index in [1.54, 1.807) is 6.20 Å². The second-order valence-electron chi connectivity index (χ2n) is 3.88. The van der Waals surface area contributed by atoms with Gasteiger partial charge in [-0.2, -0.15) is 0 Å². The highest BCUT2D eigenvalue weighted by Gasteiger charge is 2.17. The first-order valence-corrected chi connectivity index (χ1v) is 6.50. The van der Waals surface area contributed by atoms with Crippen LogP contribution in [-0.4, -0.2) is 11.5 Å². The summed E-state index contributed by atoms with van der Waals surface area (Å²) in [5.74, 6) is 0. The summed E-state index contributed by atoms with van der Waals surface area (Å²) in [5.41, 5.74) is 2.61. The summed E-state index contributed by atoms with van der Waals surface area (Å²) in [6.45, 7) is 2.05. The van der Waals surface area contributed by atoms with Crippen LogP contribution < -0.4 is 4.90 Å². The van der Waals surface area contributed by atoms with Crippen LogP contribution in [0.5, 0.6) is 0 Å². The molecule has 16 heavy (non-hydrogen) atoms. The number of aromatic nitrogens is 1. The van der Waals surface area contributed by atoms with E-state index in [1.165, 1.54) is 10.4 Å². The fourth-order valence-electron chi connectivity index (χ4n) is 2.06. The van der Waals surface area contributed by atoms with Crippen molar-refractivity contribution in [1.29, 1.82) is 0 Å². The quantitative estimate of drug-likeness (QED) is 0.722. The van der Waals surface area contributed by atoms with Gasteiger partial charge < -0.3 is 4.90 Å². The molecule has 2 aromatic rings. The average Bonchev–Trinajstić information content (AvgIpc) is 2.75. The van der Waals surface area contributed by atoms with Crippen molar-refractivity contribution in [3.63, 3.8) is 0 Å². The molecule has 2 nitrogen and oxygen atoms in total. The van der Waals surface area contributed by atoms with Crippen LogP contribution in [0.1, 0.15) is 10.4 Å². The van der Waals surface area contributed by atoms with E-state index in [4.69, 9.17) is 11.6 Å². The van der Waals surface area contributed by atoms with Crippen molar-refractivity contribution in [2.75, 3.05) is 11.4 Å². The minimum atomic E-state index is 0.564. The monoisotopic (exact) mass is 250 g/mol. The van der Waals surface area contributed by atoms with Crippen LogP contribution in [0.3, 0.4) is 0 Å². The van der Waals surface area contributed by atoms with Crippen LogP contribution in [0.25, 0.3) is 0 Å². The molecule has 0 radical (unpaired) electrons. The van der Waals surface area contributed by atoms with Crippen LogP contribution >= 0.6 is 22.9 Å². The van der Waals surface area contributed by atoms with Crippen LogP contribution in [0.2, 0.25) is 5.15 Å². The van der Waals surface area contributed by atoms with Crippen molar-refractivity contribution in [1.82, 2.24) is 4.98 Å². The molecule has 0 saturated heterocycles. The molecule has 0 spiro atoms. The lowest BCUT2D eigenvalue weighted by Gasteiger charge is -2.28. The Morgan fingerprint density at radius 2 is 2.31 bits per heavy atom. The average molecular weight is 251 g/mol. The van der Waals surface area contributed by atoms with Gasteiger partial charge in [-0.05, 0) is 35.6 Å². The van der Waals surface area contributed by atoms with Gasteiger partial charge in [0.25, 0.3) is 0 Å². The summed E-state index contributed by atoms with van der Waals surface area (Å²) in [4.78, 5) is 7.88. The molecule has 0 N–H and O–H groups in total. The van der Waals surface area contributed by atoms with Crippen molar-refractivity contribution in [2.24, 2.45) is 0 Å². The van der Waals surface area contributed by atoms with Gasteiger partial charge in [-0.3, -0.25) is 0 Å². The molecule has 1 aliphatic rings. The Balaban J connectivity index is 1.88. The highest BCUT2D eigenvalue weighted by atomic mass is 35.5. The lowest BCUT2D eigenvalue weighted by atomic mass is 10.1. The zero-order chi connectivity index (χ0) is 11.0. The molecule has 0 bridgehead atoms. The maximum atomic E-state index is 5.91. The van der Waals surface area contributed by atoms with Gasteiger partial charge in [-0.15, -0.1) is 11.3 Å². The first-order valence-electron chi connectivity index (χ1n) is 5.25. The molecule has 3 rings (SSSR count). The lowest BCUT2D eigenvalue weighted by Crippen LogP contribution is -2.29. The Hall–Kier alpha value is -1.06. The molecule has 0 atom stereocenters. The SMILES string of the molecule is Clc1cc(N2CCc3sccc3C2)ccn1. The van der Waals surface area contributed by atoms with Crippen LogP contribution in [0, 0.1) is 0 Å². The van der Waals surface area contributed by atoms with E-state index in [9.17, 15) is 0 Å². The van der Waals surface area contributed by atoms with Gasteiger partial charge in [0.1, 0.15) is 5.15 Å². The van der Waals surface area contributed by atoms with E-state index < -0.39 is 0 Å². The molecule has 0 saturated carbocycles. The largest absolute Gasteiger partial charge is 0.367 e. The minimum Gasteiger partial charge on any atom is -0.367 e. The molecule has 3 heterocycles. The molecule has 0 aromatic carbocycles. The lowest BCUT2D eigenvalue weighted by molar-refractivity contribution is 0.743. The molecular formula is C12H11ClN2S. The van der Waals surface area contributed by atoms with Gasteiger partial charge >= 0.3 is 0 Å². The smallest absolute Gasteiger partial charge is 0.131 e. The first-order chi connectivity index (χ1) is 7.83. The second kappa shape index (κ2) is 4.07. The summed E-state index contributed by atoms with van der Waals surface area (Å²) < 4.78 is 0. The topological polar surface area (TPSA) is 16.1 Å².